The van der Waals surface area contributed by atoms with Gasteiger partial charge in [-0.25, -0.2) is 4.98 Å². The molecule has 0 aliphatic carbocycles. The Bertz CT molecular complexity index is 708. The normalized spacial score (nSPS) is 15.4. The van der Waals surface area contributed by atoms with Crippen LogP contribution in [0.1, 0.15) is 24.8 Å². The van der Waals surface area contributed by atoms with Gasteiger partial charge in [-0.05, 0) is 38.4 Å². The summed E-state index contributed by atoms with van der Waals surface area (Å²) in [5.41, 5.74) is 1.55. The van der Waals surface area contributed by atoms with Crippen molar-refractivity contribution >= 4 is 17.2 Å². The molecule has 0 amide bonds. The van der Waals surface area contributed by atoms with Crippen LogP contribution in [0.3, 0.4) is 0 Å². The number of hydrogen-bond donors (Lipinski definition) is 1. The summed E-state index contributed by atoms with van der Waals surface area (Å²) in [5.74, 6) is 0.608. The molecule has 3 heterocycles. The van der Waals surface area contributed by atoms with E-state index in [1.54, 1.807) is 13.1 Å². The molecule has 1 saturated heterocycles. The number of nitrogens with one attached hydrogen (secondary N) is 1. The fourth-order valence-corrected chi connectivity index (χ4v) is 2.90. The van der Waals surface area contributed by atoms with Crippen molar-refractivity contribution in [2.75, 3.05) is 25.0 Å². The molecular weight excluding hydrogens is 308 g/mol. The smallest absolute Gasteiger partial charge is 0.287 e. The van der Waals surface area contributed by atoms with Crippen molar-refractivity contribution in [2.45, 2.75) is 32.7 Å². The van der Waals surface area contributed by atoms with Gasteiger partial charge in [0.15, 0.2) is 0 Å². The minimum absolute atomic E-state index is 0.00437. The summed E-state index contributed by atoms with van der Waals surface area (Å²) in [4.78, 5) is 16.9. The molecule has 0 radical (unpaired) electrons. The highest BCUT2D eigenvalue weighted by Crippen LogP contribution is 2.21. The van der Waals surface area contributed by atoms with Crippen molar-refractivity contribution in [3.05, 3.63) is 40.3 Å². The zero-order chi connectivity index (χ0) is 16.9. The van der Waals surface area contributed by atoms with Crippen molar-refractivity contribution < 1.29 is 4.92 Å². The molecule has 128 valence electrons. The first-order valence-electron chi connectivity index (χ1n) is 8.25. The summed E-state index contributed by atoms with van der Waals surface area (Å²) in [6, 6.07) is 1.51. The lowest BCUT2D eigenvalue weighted by Crippen LogP contribution is -2.32. The summed E-state index contributed by atoms with van der Waals surface area (Å²) >= 11 is 0. The number of aryl methyl sites for hydroxylation is 1. The van der Waals surface area contributed by atoms with E-state index in [-0.39, 0.29) is 5.69 Å². The van der Waals surface area contributed by atoms with Gasteiger partial charge < -0.3 is 10.2 Å². The highest BCUT2D eigenvalue weighted by Gasteiger charge is 2.12. The van der Waals surface area contributed by atoms with Gasteiger partial charge in [-0.1, -0.05) is 6.42 Å². The average molecular weight is 330 g/mol. The van der Waals surface area contributed by atoms with E-state index in [2.05, 4.69) is 20.3 Å². The Hall–Kier alpha value is -2.48. The third kappa shape index (κ3) is 4.08. The molecule has 2 aromatic rings. The lowest BCUT2D eigenvalue weighted by atomic mass is 10.1. The van der Waals surface area contributed by atoms with Crippen molar-refractivity contribution in [3.63, 3.8) is 0 Å². The molecule has 1 aliphatic rings. The van der Waals surface area contributed by atoms with Crippen LogP contribution in [0.4, 0.5) is 17.2 Å². The lowest BCUT2D eigenvalue weighted by molar-refractivity contribution is -0.385. The van der Waals surface area contributed by atoms with Crippen LogP contribution >= 0.6 is 0 Å². The van der Waals surface area contributed by atoms with Gasteiger partial charge in [0.25, 0.3) is 5.69 Å². The van der Waals surface area contributed by atoms with Gasteiger partial charge >= 0.3 is 0 Å². The first-order chi connectivity index (χ1) is 11.6. The largest absolute Gasteiger partial charge is 0.337 e. The number of nitrogens with zero attached hydrogens (tertiary/aromatic N) is 5. The molecule has 1 N–H and O–H groups in total. The standard InChI is InChI=1S/C16H22N6O2/c1-13-9-15(22(23)24)11-17-16(13)19-14-10-18-21(12-14)8-7-20-5-3-2-4-6-20/h9-12H,2-8H2,1H3,(H,17,19). The zero-order valence-electron chi connectivity index (χ0n) is 13.8. The van der Waals surface area contributed by atoms with Crippen molar-refractivity contribution in [2.24, 2.45) is 0 Å². The Kier molecular flexibility index (Phi) is 5.05. The van der Waals surface area contributed by atoms with Crippen LogP contribution in [0.25, 0.3) is 0 Å². The van der Waals surface area contributed by atoms with Gasteiger partial charge in [0.05, 0.1) is 23.4 Å². The third-order valence-corrected chi connectivity index (χ3v) is 4.26. The van der Waals surface area contributed by atoms with E-state index in [1.165, 1.54) is 44.6 Å². The van der Waals surface area contributed by atoms with E-state index in [0.29, 0.717) is 5.82 Å². The lowest BCUT2D eigenvalue weighted by Gasteiger charge is -2.26. The van der Waals surface area contributed by atoms with E-state index in [0.717, 1.165) is 24.3 Å². The first kappa shape index (κ1) is 16.4. The van der Waals surface area contributed by atoms with Crippen molar-refractivity contribution in [1.82, 2.24) is 19.7 Å². The number of anilines is 2. The van der Waals surface area contributed by atoms with Crippen LogP contribution in [0.2, 0.25) is 0 Å². The fourth-order valence-electron chi connectivity index (χ4n) is 2.90. The van der Waals surface area contributed by atoms with Crippen LogP contribution < -0.4 is 5.32 Å². The van der Waals surface area contributed by atoms with Gasteiger partial charge in [-0.15, -0.1) is 0 Å². The van der Waals surface area contributed by atoms with Crippen LogP contribution in [0.15, 0.2) is 24.7 Å². The molecule has 0 spiro atoms. The first-order valence-corrected chi connectivity index (χ1v) is 8.25. The number of pyridine rings is 1. The fraction of sp³-hybridized carbons (Fsp3) is 0.500. The van der Waals surface area contributed by atoms with Gasteiger partial charge in [-0.3, -0.25) is 14.8 Å². The van der Waals surface area contributed by atoms with Gasteiger partial charge in [0.1, 0.15) is 12.0 Å². The molecule has 0 unspecified atom stereocenters. The van der Waals surface area contributed by atoms with Crippen LogP contribution in [-0.2, 0) is 6.54 Å². The Morgan fingerprint density at radius 2 is 2.04 bits per heavy atom. The molecule has 24 heavy (non-hydrogen) atoms. The second-order valence-electron chi connectivity index (χ2n) is 6.14. The van der Waals surface area contributed by atoms with E-state index >= 15 is 0 Å². The third-order valence-electron chi connectivity index (χ3n) is 4.26. The molecule has 0 bridgehead atoms. The van der Waals surface area contributed by atoms with Crippen LogP contribution in [-0.4, -0.2) is 44.2 Å². The summed E-state index contributed by atoms with van der Waals surface area (Å²) in [5, 5.41) is 18.3. The summed E-state index contributed by atoms with van der Waals surface area (Å²) in [6.45, 7) is 6.02. The molecule has 8 nitrogen and oxygen atoms in total. The maximum absolute atomic E-state index is 10.8. The minimum Gasteiger partial charge on any atom is -0.337 e. The second-order valence-corrected chi connectivity index (χ2v) is 6.14. The van der Waals surface area contributed by atoms with Crippen LogP contribution in [0.5, 0.6) is 0 Å². The Balaban J connectivity index is 1.58. The van der Waals surface area contributed by atoms with E-state index in [1.807, 2.05) is 10.9 Å². The number of likely N-dealkylation sites (tertiary alicyclic amines) is 1. The van der Waals surface area contributed by atoms with Gasteiger partial charge in [0.2, 0.25) is 0 Å². The molecular formula is C16H22N6O2. The summed E-state index contributed by atoms with van der Waals surface area (Å²) in [6.07, 6.45) is 8.86. The van der Waals surface area contributed by atoms with E-state index in [4.69, 9.17) is 0 Å². The number of piperidine rings is 1. The highest BCUT2D eigenvalue weighted by atomic mass is 16.6. The summed E-state index contributed by atoms with van der Waals surface area (Å²) in [7, 11) is 0. The Morgan fingerprint density at radius 3 is 2.75 bits per heavy atom. The van der Waals surface area contributed by atoms with E-state index < -0.39 is 4.92 Å². The monoisotopic (exact) mass is 330 g/mol. The average Bonchev–Trinajstić information content (AvgIpc) is 3.03. The van der Waals surface area contributed by atoms with Crippen molar-refractivity contribution in [3.8, 4) is 0 Å². The molecule has 2 aromatic heterocycles. The molecule has 1 aliphatic heterocycles. The molecule has 0 aromatic carbocycles. The SMILES string of the molecule is Cc1cc([N+](=O)[O-])cnc1Nc1cnn(CCN2CCCCC2)c1. The quantitative estimate of drug-likeness (QED) is 0.647. The summed E-state index contributed by atoms with van der Waals surface area (Å²) < 4.78 is 1.91. The predicted molar refractivity (Wildman–Crippen MR) is 91.4 cm³/mol. The molecule has 1 fully saturated rings. The molecule has 8 heteroatoms. The van der Waals surface area contributed by atoms with E-state index in [9.17, 15) is 10.1 Å². The number of hydrogen-bond acceptors (Lipinski definition) is 6. The maximum atomic E-state index is 10.8. The predicted octanol–water partition coefficient (Wildman–Crippen LogP) is 2.72. The van der Waals surface area contributed by atoms with Crippen molar-refractivity contribution in [1.29, 1.82) is 0 Å². The molecule has 0 atom stereocenters. The second kappa shape index (κ2) is 7.39. The Morgan fingerprint density at radius 1 is 1.25 bits per heavy atom. The zero-order valence-corrected chi connectivity index (χ0v) is 13.8. The maximum Gasteiger partial charge on any atom is 0.287 e. The highest BCUT2D eigenvalue weighted by molar-refractivity contribution is 5.58. The number of rotatable bonds is 6. The molecule has 3 rings (SSSR count). The van der Waals surface area contributed by atoms with Gasteiger partial charge in [-0.2, -0.15) is 5.10 Å². The van der Waals surface area contributed by atoms with Crippen LogP contribution in [0, 0.1) is 17.0 Å². The minimum atomic E-state index is -0.442. The number of aromatic nitrogens is 3. The van der Waals surface area contributed by atoms with Gasteiger partial charge in [0, 0.05) is 18.8 Å². The topological polar surface area (TPSA) is 89.1 Å². The number of nitro groups is 1. The Labute approximate surface area is 140 Å². The molecule has 0 saturated carbocycles.